The molecule has 4 N–H and O–H groups in total. The highest BCUT2D eigenvalue weighted by atomic mass is 31.2. The van der Waals surface area contributed by atoms with Gasteiger partial charge in [-0.1, -0.05) is 147 Å². The average Bonchev–Trinajstić information content (AvgIpc) is 3.44. The van der Waals surface area contributed by atoms with Crippen molar-refractivity contribution >= 4 is 25.5 Å². The third-order valence-electron chi connectivity index (χ3n) is 10.5. The number of ether oxygens (including phenoxy) is 2. The van der Waals surface area contributed by atoms with Crippen LogP contribution >= 0.6 is 7.82 Å². The first-order valence-electron chi connectivity index (χ1n) is 22.4. The Morgan fingerprint density at radius 2 is 1.25 bits per heavy atom. The summed E-state index contributed by atoms with van der Waals surface area (Å²) in [5.41, 5.74) is 0. The molecule has 1 aliphatic carbocycles. The second-order valence-electron chi connectivity index (χ2n) is 15.8. The smallest absolute Gasteiger partial charge is 0.462 e. The predicted molar refractivity (Wildman–Crippen MR) is 226 cm³/mol. The van der Waals surface area contributed by atoms with Gasteiger partial charge in [0.15, 0.2) is 6.10 Å². The highest BCUT2D eigenvalue weighted by Gasteiger charge is 2.39. The number of ketones is 1. The zero-order valence-electron chi connectivity index (χ0n) is 35.5. The number of allylic oxidation sites excluding steroid dienone is 5. The fourth-order valence-corrected chi connectivity index (χ4v) is 7.42. The van der Waals surface area contributed by atoms with Gasteiger partial charge in [-0.25, -0.2) is 4.57 Å². The number of rotatable bonds is 37. The summed E-state index contributed by atoms with van der Waals surface area (Å²) in [5, 5.41) is 20.7. The number of hydrogen-bond acceptors (Lipinski definition) is 9. The number of carbonyl (C=O) groups is 3. The molecule has 12 heteroatoms. The van der Waals surface area contributed by atoms with E-state index in [9.17, 15) is 29.2 Å². The van der Waals surface area contributed by atoms with E-state index in [1.807, 2.05) is 12.2 Å². The topological polar surface area (TPSA) is 177 Å². The van der Waals surface area contributed by atoms with E-state index in [4.69, 9.17) is 19.3 Å². The molecule has 0 radical (unpaired) electrons. The summed E-state index contributed by atoms with van der Waals surface area (Å²) >= 11 is 0. The third-order valence-corrected chi connectivity index (χ3v) is 11.0. The lowest BCUT2D eigenvalue weighted by molar-refractivity contribution is -0.161. The van der Waals surface area contributed by atoms with E-state index in [0.717, 1.165) is 38.5 Å². The molecule has 11 nitrogen and oxygen atoms in total. The molecule has 0 unspecified atom stereocenters. The van der Waals surface area contributed by atoms with Crippen molar-refractivity contribution in [1.82, 2.24) is 0 Å². The normalized spacial score (nSPS) is 18.6. The molecule has 0 aromatic rings. The molecule has 0 heterocycles. The SMILES string of the molecule is CCCCCCCC/C=C\CCCCCCCCCCCC(=O)OC[C@H](COP(=O)(O)O)OC(=O)CCC/C=C\C[C@H]1[C@@H](O)CC(=O)[C@@H]1/C=C/[C@@H](O)CCCCC. The van der Waals surface area contributed by atoms with Crippen LogP contribution in [0.25, 0.3) is 0 Å². The van der Waals surface area contributed by atoms with Crippen LogP contribution in [-0.2, 0) is 32.9 Å². The Hall–Kier alpha value is -2.14. The van der Waals surface area contributed by atoms with Crippen LogP contribution < -0.4 is 0 Å². The van der Waals surface area contributed by atoms with Crippen molar-refractivity contribution in [3.63, 3.8) is 0 Å². The Balaban J connectivity index is 2.24. The summed E-state index contributed by atoms with van der Waals surface area (Å²) < 4.78 is 26.4. The second kappa shape index (κ2) is 34.7. The van der Waals surface area contributed by atoms with Gasteiger partial charge >= 0.3 is 19.8 Å². The first-order chi connectivity index (χ1) is 27.5. The molecule has 1 rings (SSSR count). The first-order valence-corrected chi connectivity index (χ1v) is 23.9. The van der Waals surface area contributed by atoms with Crippen LogP contribution in [0.1, 0.15) is 187 Å². The third kappa shape index (κ3) is 30.5. The quantitative estimate of drug-likeness (QED) is 0.0203. The number of unbranched alkanes of at least 4 members (excludes halogenated alkanes) is 18. The Labute approximate surface area is 344 Å². The van der Waals surface area contributed by atoms with E-state index in [-0.39, 0.29) is 37.6 Å². The number of aliphatic hydroxyl groups is 2. The van der Waals surface area contributed by atoms with E-state index in [1.165, 1.54) is 83.5 Å². The molecule has 1 fully saturated rings. The molecular weight excluding hydrogens is 747 g/mol. The molecule has 0 aromatic carbocycles. The van der Waals surface area contributed by atoms with Crippen molar-refractivity contribution in [3.05, 3.63) is 36.5 Å². The average molecular weight is 827 g/mol. The number of esters is 2. The van der Waals surface area contributed by atoms with Gasteiger partial charge in [0.25, 0.3) is 0 Å². The van der Waals surface area contributed by atoms with Crippen molar-refractivity contribution < 1.29 is 52.9 Å². The molecule has 57 heavy (non-hydrogen) atoms. The van der Waals surface area contributed by atoms with E-state index in [2.05, 4.69) is 30.5 Å². The predicted octanol–water partition coefficient (Wildman–Crippen LogP) is 10.3. The first kappa shape index (κ1) is 52.9. The molecule has 0 amide bonds. The fourth-order valence-electron chi connectivity index (χ4n) is 7.05. The van der Waals surface area contributed by atoms with Crippen molar-refractivity contribution in [1.29, 1.82) is 0 Å². The van der Waals surface area contributed by atoms with Crippen LogP contribution in [-0.4, -0.2) is 69.2 Å². The number of phosphoric acid groups is 1. The zero-order chi connectivity index (χ0) is 42.0. The standard InChI is InChI=1S/C45H79O11P/c1-3-5-7-8-9-10-11-12-13-14-15-16-17-18-19-20-21-22-27-31-44(49)54-36-39(37-55-57(51,52)53)56-45(50)32-28-24-23-26-30-40-41(43(48)35-42(40)47)34-33-38(46)29-25-6-4-2/h12-13,23,26,33-34,38-42,46-47H,3-11,14-22,24-25,27-32,35-37H2,1-2H3,(H2,51,52,53)/b13-12-,26-23-,34-33+/t38-,39+,40+,41+,42-/m0/s1. The molecule has 1 saturated carbocycles. The maximum absolute atomic E-state index is 12.5. The van der Waals surface area contributed by atoms with Crippen LogP contribution in [0.15, 0.2) is 36.5 Å². The number of phosphoric ester groups is 1. The van der Waals surface area contributed by atoms with Gasteiger partial charge in [-0.05, 0) is 57.8 Å². The Kier molecular flexibility index (Phi) is 32.2. The highest BCUT2D eigenvalue weighted by Crippen LogP contribution is 2.36. The maximum Gasteiger partial charge on any atom is 0.469 e. The van der Waals surface area contributed by atoms with E-state index in [0.29, 0.717) is 32.1 Å². The number of Topliss-reactive ketones (excluding diaryl/α,β-unsaturated/α-hetero) is 1. The summed E-state index contributed by atoms with van der Waals surface area (Å²) in [5.74, 6) is -1.85. The summed E-state index contributed by atoms with van der Waals surface area (Å²) in [6.45, 7) is 3.36. The van der Waals surface area contributed by atoms with Gasteiger partial charge in [0.1, 0.15) is 12.4 Å². The molecule has 5 atom stereocenters. The van der Waals surface area contributed by atoms with Crippen LogP contribution in [0.4, 0.5) is 0 Å². The minimum absolute atomic E-state index is 0.0211. The Morgan fingerprint density at radius 3 is 1.86 bits per heavy atom. The lowest BCUT2D eigenvalue weighted by Gasteiger charge is -2.18. The van der Waals surface area contributed by atoms with Crippen LogP contribution in [0, 0.1) is 11.8 Å². The van der Waals surface area contributed by atoms with Crippen LogP contribution in [0.2, 0.25) is 0 Å². The molecule has 0 bridgehead atoms. The van der Waals surface area contributed by atoms with E-state index < -0.39 is 50.6 Å². The Morgan fingerprint density at radius 1 is 0.719 bits per heavy atom. The summed E-state index contributed by atoms with van der Waals surface area (Å²) in [6, 6.07) is 0. The molecule has 0 aliphatic heterocycles. The molecular formula is C45H79O11P. The Bertz CT molecular complexity index is 1180. The van der Waals surface area contributed by atoms with Gasteiger partial charge in [-0.3, -0.25) is 18.9 Å². The monoisotopic (exact) mass is 827 g/mol. The van der Waals surface area contributed by atoms with Crippen molar-refractivity contribution in [2.24, 2.45) is 11.8 Å². The van der Waals surface area contributed by atoms with Gasteiger partial charge in [-0.15, -0.1) is 0 Å². The number of aliphatic hydroxyl groups excluding tert-OH is 2. The number of hydrogen-bond donors (Lipinski definition) is 4. The molecule has 330 valence electrons. The number of carbonyl (C=O) groups excluding carboxylic acids is 3. The van der Waals surface area contributed by atoms with Gasteiger partial charge in [0.2, 0.25) is 0 Å². The molecule has 0 saturated heterocycles. The molecule has 1 aliphatic rings. The molecule has 0 aromatic heterocycles. The maximum atomic E-state index is 12.5. The summed E-state index contributed by atoms with van der Waals surface area (Å²) in [4.78, 5) is 55.6. The largest absolute Gasteiger partial charge is 0.469 e. The van der Waals surface area contributed by atoms with E-state index in [1.54, 1.807) is 12.2 Å². The zero-order valence-corrected chi connectivity index (χ0v) is 36.3. The van der Waals surface area contributed by atoms with Gasteiger partial charge in [0, 0.05) is 31.1 Å². The minimum atomic E-state index is -4.83. The lowest BCUT2D eigenvalue weighted by atomic mass is 9.90. The van der Waals surface area contributed by atoms with Crippen molar-refractivity contribution in [2.45, 2.75) is 206 Å². The van der Waals surface area contributed by atoms with E-state index >= 15 is 0 Å². The molecule has 0 spiro atoms. The van der Waals surface area contributed by atoms with Crippen molar-refractivity contribution in [2.75, 3.05) is 13.2 Å². The second-order valence-corrected chi connectivity index (χ2v) is 17.0. The minimum Gasteiger partial charge on any atom is -0.462 e. The lowest BCUT2D eigenvalue weighted by Crippen LogP contribution is -2.29. The van der Waals surface area contributed by atoms with Crippen LogP contribution in [0.5, 0.6) is 0 Å². The highest BCUT2D eigenvalue weighted by molar-refractivity contribution is 7.46. The van der Waals surface area contributed by atoms with Crippen molar-refractivity contribution in [3.8, 4) is 0 Å². The fraction of sp³-hybridized carbons (Fsp3) is 0.800. The van der Waals surface area contributed by atoms with Gasteiger partial charge in [0.05, 0.1) is 18.8 Å². The van der Waals surface area contributed by atoms with Gasteiger partial charge < -0.3 is 29.5 Å². The van der Waals surface area contributed by atoms with Gasteiger partial charge in [-0.2, -0.15) is 0 Å². The summed E-state index contributed by atoms with van der Waals surface area (Å²) in [7, 11) is -4.83. The summed E-state index contributed by atoms with van der Waals surface area (Å²) in [6.07, 6.45) is 35.2. The van der Waals surface area contributed by atoms with Crippen LogP contribution in [0.3, 0.4) is 0 Å².